The molecule has 0 N–H and O–H groups in total. The summed E-state index contributed by atoms with van der Waals surface area (Å²) >= 11 is 0. The average molecular weight is 368 g/mol. The van der Waals surface area contributed by atoms with E-state index in [-0.39, 0.29) is 28.6 Å². The summed E-state index contributed by atoms with van der Waals surface area (Å²) in [6.07, 6.45) is 1.32. The molecule has 1 unspecified atom stereocenters. The van der Waals surface area contributed by atoms with Gasteiger partial charge in [-0.1, -0.05) is 37.3 Å². The number of ether oxygens (including phenoxy) is 3. The van der Waals surface area contributed by atoms with E-state index in [1.807, 2.05) is 19.9 Å². The Hall–Kier alpha value is -2.82. The van der Waals surface area contributed by atoms with Gasteiger partial charge in [0.25, 0.3) is 0 Å². The summed E-state index contributed by atoms with van der Waals surface area (Å²) < 4.78 is 17.3. The fourth-order valence-corrected chi connectivity index (χ4v) is 3.46. The highest BCUT2D eigenvalue weighted by Gasteiger charge is 2.40. The molecule has 3 rings (SSSR count). The Kier molecular flexibility index (Phi) is 4.96. The highest BCUT2D eigenvalue weighted by atomic mass is 16.5. The van der Waals surface area contributed by atoms with E-state index in [4.69, 9.17) is 14.2 Å². The molecule has 0 aromatic heterocycles. The normalized spacial score (nSPS) is 17.4. The number of rotatable bonds is 5. The van der Waals surface area contributed by atoms with Crippen LogP contribution >= 0.6 is 0 Å². The topological polar surface area (TPSA) is 61.8 Å². The van der Waals surface area contributed by atoms with Crippen molar-refractivity contribution in [1.29, 1.82) is 0 Å². The third-order valence-electron chi connectivity index (χ3n) is 5.34. The van der Waals surface area contributed by atoms with Crippen molar-refractivity contribution in [2.75, 3.05) is 14.2 Å². The standard InChI is InChI=1S/C22H24O5/c1-13-11-15-19(27-22(13,2)3)16(12-23)21(26-5)17(20(15)25-4)18(24)14-9-7-6-8-10-14/h6-10,12-13H,11H2,1-5H3. The predicted molar refractivity (Wildman–Crippen MR) is 102 cm³/mol. The van der Waals surface area contributed by atoms with Gasteiger partial charge in [0, 0.05) is 11.1 Å². The van der Waals surface area contributed by atoms with Gasteiger partial charge in [0.15, 0.2) is 6.29 Å². The van der Waals surface area contributed by atoms with Crippen molar-refractivity contribution < 1.29 is 23.8 Å². The second-order valence-corrected chi connectivity index (χ2v) is 7.29. The first kappa shape index (κ1) is 19.0. The molecule has 142 valence electrons. The Balaban J connectivity index is 2.33. The van der Waals surface area contributed by atoms with E-state index < -0.39 is 5.60 Å². The predicted octanol–water partition coefficient (Wildman–Crippen LogP) is 4.10. The first-order valence-corrected chi connectivity index (χ1v) is 8.90. The number of carbonyl (C=O) groups is 2. The van der Waals surface area contributed by atoms with E-state index in [1.165, 1.54) is 14.2 Å². The summed E-state index contributed by atoms with van der Waals surface area (Å²) in [4.78, 5) is 25.2. The van der Waals surface area contributed by atoms with Crippen molar-refractivity contribution in [2.24, 2.45) is 5.92 Å². The van der Waals surface area contributed by atoms with E-state index in [1.54, 1.807) is 24.3 Å². The molecule has 5 heteroatoms. The van der Waals surface area contributed by atoms with Gasteiger partial charge in [-0.2, -0.15) is 0 Å². The number of benzene rings is 2. The average Bonchev–Trinajstić information content (AvgIpc) is 2.67. The van der Waals surface area contributed by atoms with Gasteiger partial charge < -0.3 is 14.2 Å². The number of hydrogen-bond donors (Lipinski definition) is 0. The largest absolute Gasteiger partial charge is 0.495 e. The van der Waals surface area contributed by atoms with Crippen molar-refractivity contribution in [2.45, 2.75) is 32.8 Å². The Morgan fingerprint density at radius 1 is 1.15 bits per heavy atom. The van der Waals surface area contributed by atoms with Crippen LogP contribution in [0.25, 0.3) is 0 Å². The molecule has 2 aromatic rings. The summed E-state index contributed by atoms with van der Waals surface area (Å²) in [6, 6.07) is 8.87. The lowest BCUT2D eigenvalue weighted by Gasteiger charge is -2.40. The maximum atomic E-state index is 13.3. The molecule has 1 atom stereocenters. The van der Waals surface area contributed by atoms with Gasteiger partial charge in [-0.3, -0.25) is 9.59 Å². The maximum absolute atomic E-state index is 13.3. The second kappa shape index (κ2) is 7.06. The fourth-order valence-electron chi connectivity index (χ4n) is 3.46. The maximum Gasteiger partial charge on any atom is 0.200 e. The van der Waals surface area contributed by atoms with E-state index in [9.17, 15) is 9.59 Å². The molecule has 1 aliphatic rings. The Bertz CT molecular complexity index is 884. The van der Waals surface area contributed by atoms with Gasteiger partial charge in [-0.15, -0.1) is 0 Å². The van der Waals surface area contributed by atoms with Crippen LogP contribution in [0.15, 0.2) is 30.3 Å². The number of fused-ring (bicyclic) bond motifs is 1. The molecule has 0 bridgehead atoms. The monoisotopic (exact) mass is 368 g/mol. The number of aldehydes is 1. The van der Waals surface area contributed by atoms with E-state index in [0.717, 1.165) is 5.56 Å². The van der Waals surface area contributed by atoms with Crippen molar-refractivity contribution >= 4 is 12.1 Å². The zero-order chi connectivity index (χ0) is 19.8. The van der Waals surface area contributed by atoms with Crippen LogP contribution in [0.5, 0.6) is 17.2 Å². The summed E-state index contributed by atoms with van der Waals surface area (Å²) in [6.45, 7) is 6.04. The van der Waals surface area contributed by atoms with Crippen molar-refractivity contribution in [1.82, 2.24) is 0 Å². The molecule has 0 saturated heterocycles. The first-order valence-electron chi connectivity index (χ1n) is 8.90. The minimum Gasteiger partial charge on any atom is -0.495 e. The highest BCUT2D eigenvalue weighted by molar-refractivity contribution is 6.14. The third-order valence-corrected chi connectivity index (χ3v) is 5.34. The minimum atomic E-state index is -0.453. The van der Waals surface area contributed by atoms with Gasteiger partial charge in [0.2, 0.25) is 5.78 Å². The summed E-state index contributed by atoms with van der Waals surface area (Å²) in [7, 11) is 2.95. The number of hydrogen-bond acceptors (Lipinski definition) is 5. The molecular formula is C22H24O5. The number of methoxy groups -OCH3 is 2. The van der Waals surface area contributed by atoms with E-state index in [2.05, 4.69) is 6.92 Å². The summed E-state index contributed by atoms with van der Waals surface area (Å²) in [5.74, 6) is 0.939. The molecule has 0 aliphatic carbocycles. The van der Waals surface area contributed by atoms with Crippen molar-refractivity contribution in [3.63, 3.8) is 0 Å². The van der Waals surface area contributed by atoms with Crippen LogP contribution in [-0.4, -0.2) is 31.9 Å². The molecule has 0 fully saturated rings. The van der Waals surface area contributed by atoms with Gasteiger partial charge >= 0.3 is 0 Å². The lowest BCUT2D eigenvalue weighted by atomic mass is 9.81. The molecule has 27 heavy (non-hydrogen) atoms. The Morgan fingerprint density at radius 3 is 2.33 bits per heavy atom. The zero-order valence-electron chi connectivity index (χ0n) is 16.3. The second-order valence-electron chi connectivity index (χ2n) is 7.29. The third kappa shape index (κ3) is 3.07. The molecule has 1 aliphatic heterocycles. The lowest BCUT2D eigenvalue weighted by Crippen LogP contribution is -2.41. The molecule has 0 saturated carbocycles. The van der Waals surface area contributed by atoms with Gasteiger partial charge in [-0.25, -0.2) is 0 Å². The lowest BCUT2D eigenvalue weighted by molar-refractivity contribution is 0.0334. The Morgan fingerprint density at radius 2 is 1.78 bits per heavy atom. The van der Waals surface area contributed by atoms with Crippen LogP contribution in [0.3, 0.4) is 0 Å². The van der Waals surface area contributed by atoms with Gasteiger partial charge in [0.1, 0.15) is 28.4 Å². The molecule has 5 nitrogen and oxygen atoms in total. The number of ketones is 1. The van der Waals surface area contributed by atoms with Crippen molar-refractivity contribution in [3.05, 3.63) is 52.6 Å². The molecule has 0 radical (unpaired) electrons. The summed E-state index contributed by atoms with van der Waals surface area (Å²) in [5.41, 5.74) is 1.27. The number of carbonyl (C=O) groups excluding carboxylic acids is 2. The SMILES string of the molecule is COc1c(C=O)c2c(c(OC)c1C(=O)c1ccccc1)CC(C)C(C)(C)O2. The van der Waals surface area contributed by atoms with Crippen LogP contribution < -0.4 is 14.2 Å². The van der Waals surface area contributed by atoms with Gasteiger partial charge in [0.05, 0.1) is 19.8 Å². The fraction of sp³-hybridized carbons (Fsp3) is 0.364. The molecule has 1 heterocycles. The van der Waals surface area contributed by atoms with Crippen LogP contribution in [0.2, 0.25) is 0 Å². The molecule has 0 amide bonds. The van der Waals surface area contributed by atoms with Crippen LogP contribution in [0.1, 0.15) is 52.6 Å². The zero-order valence-corrected chi connectivity index (χ0v) is 16.3. The van der Waals surface area contributed by atoms with Gasteiger partial charge in [-0.05, 0) is 26.2 Å². The molecular weight excluding hydrogens is 344 g/mol. The smallest absolute Gasteiger partial charge is 0.200 e. The Labute approximate surface area is 159 Å². The van der Waals surface area contributed by atoms with E-state index in [0.29, 0.717) is 29.8 Å². The molecule has 0 spiro atoms. The van der Waals surface area contributed by atoms with Crippen LogP contribution in [-0.2, 0) is 6.42 Å². The first-order chi connectivity index (χ1) is 12.9. The van der Waals surface area contributed by atoms with E-state index >= 15 is 0 Å². The van der Waals surface area contributed by atoms with Crippen LogP contribution in [0.4, 0.5) is 0 Å². The van der Waals surface area contributed by atoms with Crippen molar-refractivity contribution in [3.8, 4) is 17.2 Å². The summed E-state index contributed by atoms with van der Waals surface area (Å²) in [5, 5.41) is 0. The van der Waals surface area contributed by atoms with Crippen LogP contribution in [0, 0.1) is 5.92 Å². The minimum absolute atomic E-state index is 0.173. The highest BCUT2D eigenvalue weighted by Crippen LogP contribution is 2.49. The molecule has 2 aromatic carbocycles. The quantitative estimate of drug-likeness (QED) is 0.587.